The SMILES string of the molecule is CCCCNC(=O)C(C)OC(=O)Cn1cnc(N)n1. The number of nitrogen functional groups attached to an aromatic ring is 1. The second-order valence-electron chi connectivity index (χ2n) is 4.08. The molecular formula is C11H19N5O3. The van der Waals surface area contributed by atoms with Gasteiger partial charge in [0, 0.05) is 6.54 Å². The second-order valence-corrected chi connectivity index (χ2v) is 4.08. The first-order chi connectivity index (χ1) is 9.02. The summed E-state index contributed by atoms with van der Waals surface area (Å²) in [6.45, 7) is 4.00. The van der Waals surface area contributed by atoms with Crippen LogP contribution in [0.25, 0.3) is 0 Å². The summed E-state index contributed by atoms with van der Waals surface area (Å²) in [6, 6.07) is 0. The number of ether oxygens (including phenoxy) is 1. The summed E-state index contributed by atoms with van der Waals surface area (Å²) in [7, 11) is 0. The highest BCUT2D eigenvalue weighted by Gasteiger charge is 2.17. The Balaban J connectivity index is 2.32. The van der Waals surface area contributed by atoms with Gasteiger partial charge in [0.2, 0.25) is 5.95 Å². The van der Waals surface area contributed by atoms with Crippen LogP contribution in [0.3, 0.4) is 0 Å². The summed E-state index contributed by atoms with van der Waals surface area (Å²) in [5.41, 5.74) is 5.31. The number of hydrogen-bond acceptors (Lipinski definition) is 6. The molecule has 0 saturated heterocycles. The lowest BCUT2D eigenvalue weighted by molar-refractivity contribution is -0.155. The maximum absolute atomic E-state index is 11.6. The van der Waals surface area contributed by atoms with Crippen LogP contribution >= 0.6 is 0 Å². The van der Waals surface area contributed by atoms with Crippen molar-refractivity contribution in [1.29, 1.82) is 0 Å². The number of amides is 1. The fourth-order valence-electron chi connectivity index (χ4n) is 1.34. The Bertz CT molecular complexity index is 432. The third kappa shape index (κ3) is 5.36. The maximum Gasteiger partial charge on any atom is 0.328 e. The first-order valence-corrected chi connectivity index (χ1v) is 6.15. The Kier molecular flexibility index (Phi) is 5.77. The van der Waals surface area contributed by atoms with E-state index in [-0.39, 0.29) is 18.4 Å². The maximum atomic E-state index is 11.6. The van der Waals surface area contributed by atoms with E-state index in [4.69, 9.17) is 10.5 Å². The molecule has 0 aliphatic carbocycles. The molecule has 8 heteroatoms. The highest BCUT2D eigenvalue weighted by Crippen LogP contribution is 1.96. The number of aromatic nitrogens is 3. The molecule has 1 unspecified atom stereocenters. The normalized spacial score (nSPS) is 11.9. The summed E-state index contributed by atoms with van der Waals surface area (Å²) in [6.07, 6.45) is 2.38. The average Bonchev–Trinajstić information content (AvgIpc) is 2.74. The Morgan fingerprint density at radius 2 is 2.32 bits per heavy atom. The van der Waals surface area contributed by atoms with Crippen molar-refractivity contribution in [3.8, 4) is 0 Å². The van der Waals surface area contributed by atoms with Crippen LogP contribution in [-0.2, 0) is 20.9 Å². The topological polar surface area (TPSA) is 112 Å². The zero-order chi connectivity index (χ0) is 14.3. The molecule has 0 aliphatic heterocycles. The van der Waals surface area contributed by atoms with Crippen LogP contribution in [0.5, 0.6) is 0 Å². The number of carbonyl (C=O) groups excluding carboxylic acids is 2. The van der Waals surface area contributed by atoms with Gasteiger partial charge >= 0.3 is 5.97 Å². The Morgan fingerprint density at radius 3 is 2.89 bits per heavy atom. The molecule has 0 aliphatic rings. The number of esters is 1. The molecule has 106 valence electrons. The van der Waals surface area contributed by atoms with Gasteiger partial charge in [-0.1, -0.05) is 13.3 Å². The van der Waals surface area contributed by atoms with Crippen LogP contribution in [-0.4, -0.2) is 39.3 Å². The molecule has 0 radical (unpaired) electrons. The van der Waals surface area contributed by atoms with Crippen molar-refractivity contribution < 1.29 is 14.3 Å². The molecule has 1 atom stereocenters. The van der Waals surface area contributed by atoms with Gasteiger partial charge in [-0.2, -0.15) is 0 Å². The van der Waals surface area contributed by atoms with Gasteiger partial charge in [0.05, 0.1) is 0 Å². The lowest BCUT2D eigenvalue weighted by Gasteiger charge is -2.13. The first kappa shape index (κ1) is 14.9. The van der Waals surface area contributed by atoms with Crippen LogP contribution in [0.1, 0.15) is 26.7 Å². The molecule has 8 nitrogen and oxygen atoms in total. The van der Waals surface area contributed by atoms with E-state index in [2.05, 4.69) is 15.4 Å². The quantitative estimate of drug-likeness (QED) is 0.519. The molecule has 3 N–H and O–H groups in total. The minimum atomic E-state index is -0.828. The third-order valence-electron chi connectivity index (χ3n) is 2.35. The van der Waals surface area contributed by atoms with Gasteiger partial charge in [-0.05, 0) is 13.3 Å². The van der Waals surface area contributed by atoms with Gasteiger partial charge in [-0.25, -0.2) is 9.67 Å². The minimum Gasteiger partial charge on any atom is -0.451 e. The Morgan fingerprint density at radius 1 is 1.58 bits per heavy atom. The van der Waals surface area contributed by atoms with Gasteiger partial charge in [0.15, 0.2) is 6.10 Å². The molecule has 0 saturated carbocycles. The van der Waals surface area contributed by atoms with Crippen molar-refractivity contribution in [2.24, 2.45) is 0 Å². The summed E-state index contributed by atoms with van der Waals surface area (Å²) in [5, 5.41) is 6.43. The van der Waals surface area contributed by atoms with Crippen LogP contribution in [0.2, 0.25) is 0 Å². The molecular weight excluding hydrogens is 250 g/mol. The van der Waals surface area contributed by atoms with E-state index in [1.165, 1.54) is 17.9 Å². The second kappa shape index (κ2) is 7.34. The van der Waals surface area contributed by atoms with Gasteiger partial charge in [0.25, 0.3) is 5.91 Å². The summed E-state index contributed by atoms with van der Waals surface area (Å²) >= 11 is 0. The van der Waals surface area contributed by atoms with Gasteiger partial charge < -0.3 is 15.8 Å². The molecule has 1 aromatic heterocycles. The predicted octanol–water partition coefficient (Wildman–Crippen LogP) is -0.292. The largest absolute Gasteiger partial charge is 0.451 e. The van der Waals surface area contributed by atoms with Crippen molar-refractivity contribution in [1.82, 2.24) is 20.1 Å². The molecule has 1 aromatic rings. The lowest BCUT2D eigenvalue weighted by Crippen LogP contribution is -2.37. The lowest BCUT2D eigenvalue weighted by atomic mass is 10.3. The van der Waals surface area contributed by atoms with Crippen LogP contribution in [0.4, 0.5) is 5.95 Å². The van der Waals surface area contributed by atoms with Crippen molar-refractivity contribution in [2.75, 3.05) is 12.3 Å². The number of nitrogens with two attached hydrogens (primary N) is 1. The Labute approximate surface area is 111 Å². The minimum absolute atomic E-state index is 0.0816. The number of nitrogens with zero attached hydrogens (tertiary/aromatic N) is 3. The highest BCUT2D eigenvalue weighted by atomic mass is 16.5. The average molecular weight is 269 g/mol. The van der Waals surface area contributed by atoms with Crippen molar-refractivity contribution in [3.63, 3.8) is 0 Å². The van der Waals surface area contributed by atoms with Crippen molar-refractivity contribution >= 4 is 17.8 Å². The highest BCUT2D eigenvalue weighted by molar-refractivity contribution is 5.83. The number of unbranched alkanes of at least 4 members (excludes halogenated alkanes) is 1. The molecule has 0 bridgehead atoms. The van der Waals surface area contributed by atoms with Gasteiger partial charge in [-0.3, -0.25) is 9.59 Å². The van der Waals surface area contributed by atoms with E-state index >= 15 is 0 Å². The molecule has 1 amide bonds. The zero-order valence-electron chi connectivity index (χ0n) is 11.1. The molecule has 19 heavy (non-hydrogen) atoms. The summed E-state index contributed by atoms with van der Waals surface area (Å²) in [4.78, 5) is 26.8. The number of nitrogens with one attached hydrogen (secondary N) is 1. The van der Waals surface area contributed by atoms with Crippen molar-refractivity contribution in [2.45, 2.75) is 39.3 Å². The van der Waals surface area contributed by atoms with Crippen LogP contribution in [0.15, 0.2) is 6.33 Å². The van der Waals surface area contributed by atoms with E-state index in [0.717, 1.165) is 12.8 Å². The van der Waals surface area contributed by atoms with E-state index in [9.17, 15) is 9.59 Å². The van der Waals surface area contributed by atoms with Gasteiger partial charge in [-0.15, -0.1) is 5.10 Å². The van der Waals surface area contributed by atoms with Crippen LogP contribution < -0.4 is 11.1 Å². The standard InChI is InChI=1S/C11H19N5O3/c1-3-4-5-13-10(18)8(2)19-9(17)6-16-7-14-11(12)15-16/h7-8H,3-6H2,1-2H3,(H2,12,15)(H,13,18). The molecule has 0 fully saturated rings. The zero-order valence-corrected chi connectivity index (χ0v) is 11.1. The van der Waals surface area contributed by atoms with E-state index < -0.39 is 12.1 Å². The molecule has 0 aromatic carbocycles. The fraction of sp³-hybridized carbons (Fsp3) is 0.636. The first-order valence-electron chi connectivity index (χ1n) is 6.15. The third-order valence-corrected chi connectivity index (χ3v) is 2.35. The molecule has 0 spiro atoms. The van der Waals surface area contributed by atoms with Gasteiger partial charge in [0.1, 0.15) is 12.9 Å². The summed E-state index contributed by atoms with van der Waals surface area (Å²) in [5.74, 6) is -0.791. The fourth-order valence-corrected chi connectivity index (χ4v) is 1.34. The van der Waals surface area contributed by atoms with E-state index in [0.29, 0.717) is 6.54 Å². The van der Waals surface area contributed by atoms with E-state index in [1.54, 1.807) is 0 Å². The van der Waals surface area contributed by atoms with E-state index in [1.807, 2.05) is 6.92 Å². The smallest absolute Gasteiger partial charge is 0.328 e. The van der Waals surface area contributed by atoms with Crippen molar-refractivity contribution in [3.05, 3.63) is 6.33 Å². The Hall–Kier alpha value is -2.12. The number of carbonyl (C=O) groups is 2. The van der Waals surface area contributed by atoms with Crippen LogP contribution in [0, 0.1) is 0 Å². The monoisotopic (exact) mass is 269 g/mol. The molecule has 1 heterocycles. The molecule has 1 rings (SSSR count). The number of anilines is 1. The summed E-state index contributed by atoms with van der Waals surface area (Å²) < 4.78 is 6.23. The predicted molar refractivity (Wildman–Crippen MR) is 67.9 cm³/mol. The number of hydrogen-bond donors (Lipinski definition) is 2. The number of rotatable bonds is 7.